The molecule has 1 amide bonds. The van der Waals surface area contributed by atoms with Crippen molar-refractivity contribution >= 4 is 11.9 Å². The summed E-state index contributed by atoms with van der Waals surface area (Å²) in [5.74, 6) is -0.242. The molecule has 0 bridgehead atoms. The molecule has 1 atom stereocenters. The highest BCUT2D eigenvalue weighted by Crippen LogP contribution is 2.19. The molecule has 0 spiro atoms. The fourth-order valence-electron chi connectivity index (χ4n) is 2.39. The van der Waals surface area contributed by atoms with Gasteiger partial charge in [-0.3, -0.25) is 4.79 Å². The van der Waals surface area contributed by atoms with E-state index in [1.165, 1.54) is 0 Å². The van der Waals surface area contributed by atoms with Gasteiger partial charge in [0.15, 0.2) is 0 Å². The number of likely N-dealkylation sites (tertiary alicyclic amines) is 1. The van der Waals surface area contributed by atoms with E-state index in [1.807, 2.05) is 37.3 Å². The van der Waals surface area contributed by atoms with Crippen molar-refractivity contribution in [2.75, 3.05) is 6.54 Å². The smallest absolute Gasteiger partial charge is 0.329 e. The quantitative estimate of drug-likeness (QED) is 0.780. The van der Waals surface area contributed by atoms with Crippen molar-refractivity contribution in [3.8, 4) is 0 Å². The predicted octanol–water partition coefficient (Wildman–Crippen LogP) is 2.13. The molecule has 0 saturated carbocycles. The first kappa shape index (κ1) is 13.6. The van der Waals surface area contributed by atoms with Crippen molar-refractivity contribution in [2.24, 2.45) is 0 Å². The first-order valence-electron chi connectivity index (χ1n) is 6.72. The Kier molecular flexibility index (Phi) is 4.55. The van der Waals surface area contributed by atoms with Crippen molar-refractivity contribution < 1.29 is 14.3 Å². The summed E-state index contributed by atoms with van der Waals surface area (Å²) >= 11 is 0. The molecular weight excluding hydrogens is 242 g/mol. The fourth-order valence-corrected chi connectivity index (χ4v) is 2.39. The van der Waals surface area contributed by atoms with Gasteiger partial charge in [-0.1, -0.05) is 30.3 Å². The van der Waals surface area contributed by atoms with Gasteiger partial charge in [0.2, 0.25) is 5.91 Å². The van der Waals surface area contributed by atoms with Gasteiger partial charge in [-0.15, -0.1) is 0 Å². The minimum absolute atomic E-state index is 0.0513. The minimum Gasteiger partial charge on any atom is -0.459 e. The molecule has 1 aliphatic rings. The minimum atomic E-state index is -0.407. The molecule has 1 aromatic rings. The Morgan fingerprint density at radius 3 is 2.79 bits per heavy atom. The van der Waals surface area contributed by atoms with Gasteiger partial charge in [-0.05, 0) is 25.3 Å². The number of likely N-dealkylation sites (N-methyl/N-ethyl adjacent to an activating group) is 1. The topological polar surface area (TPSA) is 46.6 Å². The Morgan fingerprint density at radius 2 is 2.11 bits per heavy atom. The van der Waals surface area contributed by atoms with Crippen LogP contribution >= 0.6 is 0 Å². The zero-order valence-electron chi connectivity index (χ0n) is 11.2. The molecule has 0 radical (unpaired) electrons. The number of hydrogen-bond donors (Lipinski definition) is 0. The maximum Gasteiger partial charge on any atom is 0.329 e. The van der Waals surface area contributed by atoms with Gasteiger partial charge < -0.3 is 9.64 Å². The van der Waals surface area contributed by atoms with E-state index in [9.17, 15) is 9.59 Å². The average Bonchev–Trinajstić information content (AvgIpc) is 2.45. The predicted molar refractivity (Wildman–Crippen MR) is 71.3 cm³/mol. The van der Waals surface area contributed by atoms with E-state index in [4.69, 9.17) is 4.74 Å². The van der Waals surface area contributed by atoms with Crippen molar-refractivity contribution in [2.45, 2.75) is 38.8 Å². The first-order valence-corrected chi connectivity index (χ1v) is 6.72. The molecular formula is C15H19NO3. The monoisotopic (exact) mass is 261 g/mol. The fraction of sp³-hybridized carbons (Fsp3) is 0.467. The summed E-state index contributed by atoms with van der Waals surface area (Å²) in [5.41, 5.74) is 0.959. The van der Waals surface area contributed by atoms with Crippen LogP contribution in [-0.4, -0.2) is 29.4 Å². The van der Waals surface area contributed by atoms with Crippen molar-refractivity contribution in [1.29, 1.82) is 0 Å². The number of rotatable bonds is 4. The zero-order chi connectivity index (χ0) is 13.7. The maximum atomic E-state index is 12.1. The van der Waals surface area contributed by atoms with E-state index in [-0.39, 0.29) is 18.5 Å². The summed E-state index contributed by atoms with van der Waals surface area (Å²) < 4.78 is 5.32. The van der Waals surface area contributed by atoms with Gasteiger partial charge in [0.05, 0.1) is 0 Å². The Hall–Kier alpha value is -1.84. The van der Waals surface area contributed by atoms with Crippen LogP contribution in [0.5, 0.6) is 0 Å². The second-order valence-electron chi connectivity index (χ2n) is 4.68. The van der Waals surface area contributed by atoms with Crippen LogP contribution in [0.15, 0.2) is 30.3 Å². The third-order valence-corrected chi connectivity index (χ3v) is 3.40. The summed E-state index contributed by atoms with van der Waals surface area (Å²) in [6, 6.07) is 9.16. The van der Waals surface area contributed by atoms with Gasteiger partial charge >= 0.3 is 5.97 Å². The number of carbonyl (C=O) groups is 2. The van der Waals surface area contributed by atoms with Crippen LogP contribution in [0.2, 0.25) is 0 Å². The highest BCUT2D eigenvalue weighted by molar-refractivity contribution is 5.85. The SMILES string of the molecule is CCN1C(=O)CCC[C@H]1C(=O)OCc1ccccc1. The Labute approximate surface area is 113 Å². The van der Waals surface area contributed by atoms with Crippen molar-refractivity contribution in [1.82, 2.24) is 4.90 Å². The molecule has 1 fully saturated rings. The summed E-state index contributed by atoms with van der Waals surface area (Å²) in [6.45, 7) is 2.71. The van der Waals surface area contributed by atoms with Crippen LogP contribution in [0, 0.1) is 0 Å². The van der Waals surface area contributed by atoms with Gasteiger partial charge in [0.25, 0.3) is 0 Å². The number of amides is 1. The van der Waals surface area contributed by atoms with E-state index < -0.39 is 6.04 Å². The molecule has 0 aromatic heterocycles. The second-order valence-corrected chi connectivity index (χ2v) is 4.68. The average molecular weight is 261 g/mol. The number of hydrogen-bond acceptors (Lipinski definition) is 3. The summed E-state index contributed by atoms with van der Waals surface area (Å²) in [4.78, 5) is 25.4. The lowest BCUT2D eigenvalue weighted by Crippen LogP contribution is -2.48. The number of benzene rings is 1. The van der Waals surface area contributed by atoms with E-state index in [0.717, 1.165) is 12.0 Å². The van der Waals surface area contributed by atoms with Crippen molar-refractivity contribution in [3.05, 3.63) is 35.9 Å². The van der Waals surface area contributed by atoms with Crippen LogP contribution in [-0.2, 0) is 20.9 Å². The summed E-state index contributed by atoms with van der Waals surface area (Å²) in [5, 5.41) is 0. The van der Waals surface area contributed by atoms with Crippen LogP contribution in [0.4, 0.5) is 0 Å². The van der Waals surface area contributed by atoms with E-state index >= 15 is 0 Å². The number of esters is 1. The molecule has 19 heavy (non-hydrogen) atoms. The van der Waals surface area contributed by atoms with E-state index in [0.29, 0.717) is 19.4 Å². The largest absolute Gasteiger partial charge is 0.459 e. The van der Waals surface area contributed by atoms with Crippen LogP contribution in [0.25, 0.3) is 0 Å². The van der Waals surface area contributed by atoms with Gasteiger partial charge in [0.1, 0.15) is 12.6 Å². The third-order valence-electron chi connectivity index (χ3n) is 3.40. The lowest BCUT2D eigenvalue weighted by atomic mass is 10.0. The zero-order valence-corrected chi connectivity index (χ0v) is 11.2. The van der Waals surface area contributed by atoms with Gasteiger partial charge in [0, 0.05) is 13.0 Å². The lowest BCUT2D eigenvalue weighted by Gasteiger charge is -2.33. The molecule has 0 aliphatic carbocycles. The van der Waals surface area contributed by atoms with Gasteiger partial charge in [-0.25, -0.2) is 4.79 Å². The number of piperidine rings is 1. The molecule has 4 heteroatoms. The van der Waals surface area contributed by atoms with Crippen LogP contribution in [0.1, 0.15) is 31.7 Å². The van der Waals surface area contributed by atoms with Crippen LogP contribution < -0.4 is 0 Å². The highest BCUT2D eigenvalue weighted by Gasteiger charge is 2.33. The second kappa shape index (κ2) is 6.36. The molecule has 1 aromatic carbocycles. The molecule has 0 unspecified atom stereocenters. The van der Waals surface area contributed by atoms with Gasteiger partial charge in [-0.2, -0.15) is 0 Å². The molecule has 4 nitrogen and oxygen atoms in total. The first-order chi connectivity index (χ1) is 9.22. The Morgan fingerprint density at radius 1 is 1.37 bits per heavy atom. The number of nitrogens with zero attached hydrogens (tertiary/aromatic N) is 1. The van der Waals surface area contributed by atoms with E-state index in [1.54, 1.807) is 4.90 Å². The summed E-state index contributed by atoms with van der Waals surface area (Å²) in [7, 11) is 0. The highest BCUT2D eigenvalue weighted by atomic mass is 16.5. The van der Waals surface area contributed by atoms with Crippen molar-refractivity contribution in [3.63, 3.8) is 0 Å². The lowest BCUT2D eigenvalue weighted by molar-refractivity contribution is -0.158. The third kappa shape index (κ3) is 3.34. The molecule has 2 rings (SSSR count). The molecule has 1 saturated heterocycles. The number of ether oxygens (including phenoxy) is 1. The normalized spacial score (nSPS) is 19.3. The standard InChI is InChI=1S/C15H19NO3/c1-2-16-13(9-6-10-14(16)17)15(18)19-11-12-7-4-3-5-8-12/h3-5,7-8,13H,2,6,9-11H2,1H3/t13-/m0/s1. The molecule has 1 heterocycles. The van der Waals surface area contributed by atoms with E-state index in [2.05, 4.69) is 0 Å². The molecule has 1 aliphatic heterocycles. The summed E-state index contributed by atoms with van der Waals surface area (Å²) in [6.07, 6.45) is 2.00. The van der Waals surface area contributed by atoms with Crippen LogP contribution in [0.3, 0.4) is 0 Å². The number of carbonyl (C=O) groups excluding carboxylic acids is 2. The Balaban J connectivity index is 1.93. The molecule has 102 valence electrons. The maximum absolute atomic E-state index is 12.1. The Bertz CT molecular complexity index is 444. The molecule has 0 N–H and O–H groups in total.